The van der Waals surface area contributed by atoms with E-state index in [-0.39, 0.29) is 5.91 Å². The van der Waals surface area contributed by atoms with Crippen LogP contribution in [0.4, 0.5) is 0 Å². The maximum absolute atomic E-state index is 12.4. The highest BCUT2D eigenvalue weighted by atomic mass is 16.5. The van der Waals surface area contributed by atoms with Gasteiger partial charge in [0.25, 0.3) is 5.91 Å². The van der Waals surface area contributed by atoms with Crippen LogP contribution in [-0.4, -0.2) is 22.4 Å². The third-order valence-electron chi connectivity index (χ3n) is 4.53. The molecular weight excluding hydrogens is 374 g/mol. The van der Waals surface area contributed by atoms with Crippen LogP contribution in [-0.2, 0) is 6.42 Å². The Morgan fingerprint density at radius 1 is 0.767 bits per heavy atom. The zero-order chi connectivity index (χ0) is 20.6. The molecule has 0 atom stereocenters. The molecule has 0 radical (unpaired) electrons. The van der Waals surface area contributed by atoms with E-state index in [9.17, 15) is 4.79 Å². The predicted octanol–water partition coefficient (Wildman–Crippen LogP) is 4.91. The van der Waals surface area contributed by atoms with Gasteiger partial charge < -0.3 is 10.1 Å². The molecule has 30 heavy (non-hydrogen) atoms. The van der Waals surface area contributed by atoms with Gasteiger partial charge in [0.05, 0.1) is 0 Å². The smallest absolute Gasteiger partial charge is 0.251 e. The summed E-state index contributed by atoms with van der Waals surface area (Å²) in [4.78, 5) is 21.2. The lowest BCUT2D eigenvalue weighted by atomic mass is 10.2. The highest BCUT2D eigenvalue weighted by molar-refractivity contribution is 5.94. The van der Waals surface area contributed by atoms with Crippen molar-refractivity contribution in [3.8, 4) is 22.9 Å². The lowest BCUT2D eigenvalue weighted by Gasteiger charge is -2.08. The third kappa shape index (κ3) is 5.08. The number of aromatic nitrogens is 2. The number of rotatable bonds is 7. The lowest BCUT2D eigenvalue weighted by molar-refractivity contribution is 0.0954. The van der Waals surface area contributed by atoms with Crippen molar-refractivity contribution in [1.29, 1.82) is 0 Å². The van der Waals surface area contributed by atoms with Crippen LogP contribution in [0.2, 0.25) is 0 Å². The van der Waals surface area contributed by atoms with Gasteiger partial charge in [-0.05, 0) is 48.4 Å². The molecule has 0 fully saturated rings. The van der Waals surface area contributed by atoms with E-state index in [1.54, 1.807) is 36.7 Å². The number of nitrogens with one attached hydrogen (secondary N) is 1. The number of hydrogen-bond acceptors (Lipinski definition) is 4. The molecule has 4 aromatic rings. The monoisotopic (exact) mass is 395 g/mol. The Morgan fingerprint density at radius 2 is 1.37 bits per heavy atom. The first kappa shape index (κ1) is 19.3. The van der Waals surface area contributed by atoms with Crippen molar-refractivity contribution in [2.24, 2.45) is 0 Å². The van der Waals surface area contributed by atoms with E-state index in [0.29, 0.717) is 30.1 Å². The molecule has 1 amide bonds. The molecule has 0 spiro atoms. The molecule has 0 saturated heterocycles. The highest BCUT2D eigenvalue weighted by Crippen LogP contribution is 2.21. The topological polar surface area (TPSA) is 64.1 Å². The fourth-order valence-corrected chi connectivity index (χ4v) is 2.94. The molecule has 5 nitrogen and oxygen atoms in total. The Bertz CT molecular complexity index is 1080. The van der Waals surface area contributed by atoms with Crippen LogP contribution in [0.25, 0.3) is 11.4 Å². The van der Waals surface area contributed by atoms with E-state index < -0.39 is 0 Å². The van der Waals surface area contributed by atoms with Crippen molar-refractivity contribution in [2.45, 2.75) is 6.42 Å². The first-order chi connectivity index (χ1) is 14.8. The molecule has 0 saturated carbocycles. The van der Waals surface area contributed by atoms with Crippen molar-refractivity contribution in [3.05, 3.63) is 108 Å². The van der Waals surface area contributed by atoms with Crippen LogP contribution in [0, 0.1) is 0 Å². The molecule has 0 aliphatic heterocycles. The second-order valence-electron chi connectivity index (χ2n) is 6.73. The van der Waals surface area contributed by atoms with Gasteiger partial charge in [0, 0.05) is 30.1 Å². The molecule has 1 heterocycles. The largest absolute Gasteiger partial charge is 0.457 e. The van der Waals surface area contributed by atoms with Crippen LogP contribution in [0.15, 0.2) is 97.3 Å². The molecule has 0 aliphatic carbocycles. The molecule has 1 N–H and O–H groups in total. The average molecular weight is 395 g/mol. The molecule has 3 aromatic carbocycles. The fourth-order valence-electron chi connectivity index (χ4n) is 2.94. The van der Waals surface area contributed by atoms with Crippen LogP contribution in [0.3, 0.4) is 0 Å². The second kappa shape index (κ2) is 9.47. The Balaban J connectivity index is 1.27. The molecule has 1 aromatic heterocycles. The average Bonchev–Trinajstić information content (AvgIpc) is 2.81. The van der Waals surface area contributed by atoms with Crippen LogP contribution >= 0.6 is 0 Å². The molecule has 4 rings (SSSR count). The molecule has 148 valence electrons. The van der Waals surface area contributed by atoms with Gasteiger partial charge in [-0.25, -0.2) is 9.97 Å². The van der Waals surface area contributed by atoms with Crippen molar-refractivity contribution in [2.75, 3.05) is 6.54 Å². The maximum Gasteiger partial charge on any atom is 0.251 e. The minimum Gasteiger partial charge on any atom is -0.457 e. The van der Waals surface area contributed by atoms with E-state index in [1.165, 1.54) is 0 Å². The predicted molar refractivity (Wildman–Crippen MR) is 116 cm³/mol. The number of carbonyl (C=O) groups excluding carboxylic acids is 1. The first-order valence-electron chi connectivity index (χ1n) is 9.75. The molecule has 0 aliphatic rings. The normalized spacial score (nSPS) is 10.4. The Hall–Kier alpha value is -3.99. The van der Waals surface area contributed by atoms with Gasteiger partial charge in [0.15, 0.2) is 5.82 Å². The standard InChI is InChI=1S/C25H21N3O2/c29-25(21-11-13-23(14-12-21)30-22-9-5-2-6-10-22)26-16-15-19-17-27-24(28-18-19)20-7-3-1-4-8-20/h1-14,17-18H,15-16H2,(H,26,29). The zero-order valence-corrected chi connectivity index (χ0v) is 16.4. The van der Waals surface area contributed by atoms with Crippen molar-refractivity contribution in [3.63, 3.8) is 0 Å². The second-order valence-corrected chi connectivity index (χ2v) is 6.73. The summed E-state index contributed by atoms with van der Waals surface area (Å²) in [6, 6.07) is 26.5. The number of para-hydroxylation sites is 1. The number of hydrogen-bond donors (Lipinski definition) is 1. The van der Waals surface area contributed by atoms with Gasteiger partial charge >= 0.3 is 0 Å². The number of benzene rings is 3. The van der Waals surface area contributed by atoms with Crippen molar-refractivity contribution < 1.29 is 9.53 Å². The summed E-state index contributed by atoms with van der Waals surface area (Å²) < 4.78 is 5.75. The summed E-state index contributed by atoms with van der Waals surface area (Å²) in [5.41, 5.74) is 2.55. The highest BCUT2D eigenvalue weighted by Gasteiger charge is 2.06. The van der Waals surface area contributed by atoms with Gasteiger partial charge in [-0.1, -0.05) is 48.5 Å². The molecule has 0 bridgehead atoms. The summed E-state index contributed by atoms with van der Waals surface area (Å²) in [5.74, 6) is 2.02. The first-order valence-corrected chi connectivity index (χ1v) is 9.75. The molecular formula is C25H21N3O2. The Labute approximate surface area is 175 Å². The van der Waals surface area contributed by atoms with Gasteiger partial charge in [0.1, 0.15) is 11.5 Å². The van der Waals surface area contributed by atoms with E-state index in [1.807, 2.05) is 60.7 Å². The quantitative estimate of drug-likeness (QED) is 0.483. The number of ether oxygens (including phenoxy) is 1. The SMILES string of the molecule is O=C(NCCc1cnc(-c2ccccc2)nc1)c1ccc(Oc2ccccc2)cc1. The molecule has 0 unspecified atom stereocenters. The minimum atomic E-state index is -0.122. The van der Waals surface area contributed by atoms with Crippen LogP contribution in [0.5, 0.6) is 11.5 Å². The Morgan fingerprint density at radius 3 is 2.03 bits per heavy atom. The Kier molecular flexibility index (Phi) is 6.11. The van der Waals surface area contributed by atoms with E-state index in [4.69, 9.17) is 4.74 Å². The number of nitrogens with zero attached hydrogens (tertiary/aromatic N) is 2. The van der Waals surface area contributed by atoms with Crippen LogP contribution in [0.1, 0.15) is 15.9 Å². The summed E-state index contributed by atoms with van der Waals surface area (Å²) in [6.45, 7) is 0.509. The lowest BCUT2D eigenvalue weighted by Crippen LogP contribution is -2.25. The summed E-state index contributed by atoms with van der Waals surface area (Å²) in [6.07, 6.45) is 4.27. The van der Waals surface area contributed by atoms with E-state index in [2.05, 4.69) is 15.3 Å². The fraction of sp³-hybridized carbons (Fsp3) is 0.0800. The van der Waals surface area contributed by atoms with E-state index >= 15 is 0 Å². The third-order valence-corrected chi connectivity index (χ3v) is 4.53. The van der Waals surface area contributed by atoms with Gasteiger partial charge in [-0.2, -0.15) is 0 Å². The molecule has 5 heteroatoms. The summed E-state index contributed by atoms with van der Waals surface area (Å²) >= 11 is 0. The van der Waals surface area contributed by atoms with Gasteiger partial charge in [-0.3, -0.25) is 4.79 Å². The van der Waals surface area contributed by atoms with E-state index in [0.717, 1.165) is 16.9 Å². The number of amides is 1. The van der Waals surface area contributed by atoms with Gasteiger partial charge in [-0.15, -0.1) is 0 Å². The van der Waals surface area contributed by atoms with Crippen molar-refractivity contribution >= 4 is 5.91 Å². The minimum absolute atomic E-state index is 0.122. The van der Waals surface area contributed by atoms with Gasteiger partial charge in [0.2, 0.25) is 0 Å². The zero-order valence-electron chi connectivity index (χ0n) is 16.4. The maximum atomic E-state index is 12.4. The summed E-state index contributed by atoms with van der Waals surface area (Å²) in [7, 11) is 0. The van der Waals surface area contributed by atoms with Crippen LogP contribution < -0.4 is 10.1 Å². The summed E-state index contributed by atoms with van der Waals surface area (Å²) in [5, 5.41) is 2.93. The number of carbonyl (C=O) groups is 1. The van der Waals surface area contributed by atoms with Crippen molar-refractivity contribution in [1.82, 2.24) is 15.3 Å².